The average Bonchev–Trinajstić information content (AvgIpc) is 2.48. The van der Waals surface area contributed by atoms with Gasteiger partial charge in [-0.05, 0) is 32.6 Å². The summed E-state index contributed by atoms with van der Waals surface area (Å²) in [6.07, 6.45) is 3.13. The average molecular weight is 300 g/mol. The zero-order chi connectivity index (χ0) is 15.7. The first kappa shape index (κ1) is 18.4. The lowest BCUT2D eigenvalue weighted by atomic mass is 9.77. The molecule has 0 aromatic rings. The van der Waals surface area contributed by atoms with Crippen molar-refractivity contribution in [3.05, 3.63) is 0 Å². The molecule has 124 valence electrons. The van der Waals surface area contributed by atoms with E-state index in [4.69, 9.17) is 15.2 Å². The van der Waals surface area contributed by atoms with E-state index in [1.54, 1.807) is 0 Å². The highest BCUT2D eigenvalue weighted by Gasteiger charge is 2.35. The summed E-state index contributed by atoms with van der Waals surface area (Å²) < 4.78 is 10.8. The van der Waals surface area contributed by atoms with E-state index in [1.807, 2.05) is 18.7 Å². The molecule has 0 saturated heterocycles. The van der Waals surface area contributed by atoms with E-state index in [9.17, 15) is 4.79 Å². The third-order valence-electron chi connectivity index (χ3n) is 4.34. The van der Waals surface area contributed by atoms with Crippen molar-refractivity contribution in [3.8, 4) is 0 Å². The van der Waals surface area contributed by atoms with E-state index in [-0.39, 0.29) is 17.9 Å². The second kappa shape index (κ2) is 10.1. The normalized spacial score (nSPS) is 25.8. The van der Waals surface area contributed by atoms with Gasteiger partial charge in [-0.15, -0.1) is 0 Å². The first-order valence-electron chi connectivity index (χ1n) is 8.31. The molecular formula is C16H32N2O3. The number of nitrogens with zero attached hydrogens (tertiary/aromatic N) is 1. The molecule has 5 nitrogen and oxygen atoms in total. The van der Waals surface area contributed by atoms with Gasteiger partial charge in [0.15, 0.2) is 0 Å². The molecular weight excluding hydrogens is 268 g/mol. The summed E-state index contributed by atoms with van der Waals surface area (Å²) in [5.41, 5.74) is 6.26. The van der Waals surface area contributed by atoms with Crippen LogP contribution in [0.5, 0.6) is 0 Å². The van der Waals surface area contributed by atoms with Gasteiger partial charge >= 0.3 is 0 Å². The smallest absolute Gasteiger partial charge is 0.227 e. The zero-order valence-corrected chi connectivity index (χ0v) is 13.8. The number of carbonyl (C=O) groups is 1. The second-order valence-corrected chi connectivity index (χ2v) is 5.81. The molecule has 1 aliphatic rings. The summed E-state index contributed by atoms with van der Waals surface area (Å²) >= 11 is 0. The second-order valence-electron chi connectivity index (χ2n) is 5.81. The summed E-state index contributed by atoms with van der Waals surface area (Å²) in [4.78, 5) is 14.6. The van der Waals surface area contributed by atoms with Gasteiger partial charge in [0, 0.05) is 32.3 Å². The van der Waals surface area contributed by atoms with E-state index < -0.39 is 0 Å². The van der Waals surface area contributed by atoms with Gasteiger partial charge in [0.2, 0.25) is 5.91 Å². The van der Waals surface area contributed by atoms with Crippen molar-refractivity contribution in [2.24, 2.45) is 17.6 Å². The number of ether oxygens (including phenoxy) is 2. The Kier molecular flexibility index (Phi) is 8.88. The number of nitrogens with two attached hydrogens (primary N) is 1. The third kappa shape index (κ3) is 5.93. The summed E-state index contributed by atoms with van der Waals surface area (Å²) in [5, 5.41) is 0. The van der Waals surface area contributed by atoms with Crippen LogP contribution in [0.25, 0.3) is 0 Å². The highest BCUT2D eigenvalue weighted by Crippen LogP contribution is 2.29. The molecule has 0 bridgehead atoms. The van der Waals surface area contributed by atoms with E-state index >= 15 is 0 Å². The zero-order valence-electron chi connectivity index (χ0n) is 13.8. The van der Waals surface area contributed by atoms with Crippen LogP contribution in [0.15, 0.2) is 0 Å². The summed E-state index contributed by atoms with van der Waals surface area (Å²) in [6.45, 7) is 9.82. The molecule has 0 radical (unpaired) electrons. The monoisotopic (exact) mass is 300 g/mol. The van der Waals surface area contributed by atoms with Crippen LogP contribution < -0.4 is 5.73 Å². The fourth-order valence-electron chi connectivity index (χ4n) is 2.93. The minimum atomic E-state index is -0.0444. The van der Waals surface area contributed by atoms with Gasteiger partial charge < -0.3 is 20.1 Å². The van der Waals surface area contributed by atoms with Crippen LogP contribution in [0.3, 0.4) is 0 Å². The van der Waals surface area contributed by atoms with Gasteiger partial charge in [-0.2, -0.15) is 0 Å². The van der Waals surface area contributed by atoms with Crippen molar-refractivity contribution < 1.29 is 14.3 Å². The highest BCUT2D eigenvalue weighted by molar-refractivity contribution is 5.79. The number of hydrogen-bond acceptors (Lipinski definition) is 4. The Morgan fingerprint density at radius 3 is 2.24 bits per heavy atom. The van der Waals surface area contributed by atoms with Crippen molar-refractivity contribution in [2.45, 2.75) is 46.1 Å². The number of carbonyl (C=O) groups excluding carboxylic acids is 1. The molecule has 3 unspecified atom stereocenters. The highest BCUT2D eigenvalue weighted by atomic mass is 16.5. The lowest BCUT2D eigenvalue weighted by Gasteiger charge is -2.36. The summed E-state index contributed by atoms with van der Waals surface area (Å²) in [6, 6.07) is -0.0204. The molecule has 3 atom stereocenters. The van der Waals surface area contributed by atoms with Crippen molar-refractivity contribution in [2.75, 3.05) is 39.5 Å². The van der Waals surface area contributed by atoms with E-state index in [2.05, 4.69) is 6.92 Å². The Bertz CT molecular complexity index is 289. The van der Waals surface area contributed by atoms with Crippen molar-refractivity contribution in [1.29, 1.82) is 0 Å². The van der Waals surface area contributed by atoms with E-state index in [1.165, 1.54) is 0 Å². The standard InChI is InChI=1S/C16H32N2O3/c1-4-20-11-9-18(10-12-21-5-2)16(19)14-8-6-7-13(3)15(14)17/h13-15H,4-12,17H2,1-3H3. The van der Waals surface area contributed by atoms with Crippen LogP contribution in [-0.4, -0.2) is 56.4 Å². The van der Waals surface area contributed by atoms with Crippen molar-refractivity contribution in [3.63, 3.8) is 0 Å². The SMILES string of the molecule is CCOCCN(CCOCC)C(=O)C1CCCC(C)C1N. The lowest BCUT2D eigenvalue weighted by Crippen LogP contribution is -2.50. The predicted octanol–water partition coefficient (Wildman–Crippen LogP) is 1.65. The molecule has 0 aliphatic heterocycles. The van der Waals surface area contributed by atoms with Crippen LogP contribution in [-0.2, 0) is 14.3 Å². The molecule has 2 N–H and O–H groups in total. The third-order valence-corrected chi connectivity index (χ3v) is 4.34. The molecule has 1 rings (SSSR count). The minimum Gasteiger partial charge on any atom is -0.380 e. The van der Waals surface area contributed by atoms with E-state index in [0.29, 0.717) is 45.4 Å². The molecule has 0 aromatic carbocycles. The molecule has 1 aliphatic carbocycles. The molecule has 21 heavy (non-hydrogen) atoms. The van der Waals surface area contributed by atoms with Crippen molar-refractivity contribution in [1.82, 2.24) is 4.90 Å². The van der Waals surface area contributed by atoms with Crippen LogP contribution in [0.4, 0.5) is 0 Å². The summed E-state index contributed by atoms with van der Waals surface area (Å²) in [7, 11) is 0. The quantitative estimate of drug-likeness (QED) is 0.658. The predicted molar refractivity (Wildman–Crippen MR) is 84.0 cm³/mol. The molecule has 5 heteroatoms. The molecule has 0 aromatic heterocycles. The largest absolute Gasteiger partial charge is 0.380 e. The Labute approximate surface area is 129 Å². The van der Waals surface area contributed by atoms with Gasteiger partial charge in [0.05, 0.1) is 19.1 Å². The maximum atomic E-state index is 12.8. The first-order valence-corrected chi connectivity index (χ1v) is 8.31. The number of rotatable bonds is 9. The maximum Gasteiger partial charge on any atom is 0.227 e. The maximum absolute atomic E-state index is 12.8. The van der Waals surface area contributed by atoms with Gasteiger partial charge in [0.25, 0.3) is 0 Å². The molecule has 0 spiro atoms. The molecule has 0 heterocycles. The molecule has 1 amide bonds. The van der Waals surface area contributed by atoms with E-state index in [0.717, 1.165) is 19.3 Å². The van der Waals surface area contributed by atoms with Crippen LogP contribution in [0.1, 0.15) is 40.0 Å². The Hall–Kier alpha value is -0.650. The van der Waals surface area contributed by atoms with Crippen LogP contribution >= 0.6 is 0 Å². The van der Waals surface area contributed by atoms with Gasteiger partial charge in [-0.25, -0.2) is 0 Å². The van der Waals surface area contributed by atoms with Crippen LogP contribution in [0.2, 0.25) is 0 Å². The Morgan fingerprint density at radius 2 is 1.71 bits per heavy atom. The van der Waals surface area contributed by atoms with Gasteiger partial charge in [0.1, 0.15) is 0 Å². The molecule has 1 fully saturated rings. The fourth-order valence-corrected chi connectivity index (χ4v) is 2.93. The topological polar surface area (TPSA) is 64.8 Å². The molecule has 1 saturated carbocycles. The first-order chi connectivity index (χ1) is 10.1. The Morgan fingerprint density at radius 1 is 1.14 bits per heavy atom. The van der Waals surface area contributed by atoms with Crippen molar-refractivity contribution >= 4 is 5.91 Å². The lowest BCUT2D eigenvalue weighted by molar-refractivity contribution is -0.139. The van der Waals surface area contributed by atoms with Gasteiger partial charge in [-0.3, -0.25) is 4.79 Å². The minimum absolute atomic E-state index is 0.0204. The number of hydrogen-bond donors (Lipinski definition) is 1. The fraction of sp³-hybridized carbons (Fsp3) is 0.938. The summed E-state index contributed by atoms with van der Waals surface area (Å²) in [5.74, 6) is 0.554. The Balaban J connectivity index is 2.58. The number of amides is 1. The van der Waals surface area contributed by atoms with Gasteiger partial charge in [-0.1, -0.05) is 13.3 Å². The van der Waals surface area contributed by atoms with Crippen LogP contribution in [0, 0.1) is 11.8 Å².